The first-order valence-corrected chi connectivity index (χ1v) is 28.2. The summed E-state index contributed by atoms with van der Waals surface area (Å²) in [6.07, 6.45) is 8.67. The second-order valence-corrected chi connectivity index (χ2v) is 27.9. The summed E-state index contributed by atoms with van der Waals surface area (Å²) in [5.41, 5.74) is 23.3. The molecule has 0 spiro atoms. The second kappa shape index (κ2) is 15.9. The lowest BCUT2D eigenvalue weighted by Crippen LogP contribution is -2.16. The summed E-state index contributed by atoms with van der Waals surface area (Å²) >= 11 is 1.78. The van der Waals surface area contributed by atoms with Crippen LogP contribution in [-0.4, -0.2) is 31.1 Å². The Labute approximate surface area is 359 Å². The zero-order valence-electron chi connectivity index (χ0n) is 34.8. The van der Waals surface area contributed by atoms with E-state index in [0.717, 1.165) is 98.8 Å². The van der Waals surface area contributed by atoms with Gasteiger partial charge < -0.3 is 4.98 Å². The molecule has 0 saturated heterocycles. The van der Waals surface area contributed by atoms with Crippen LogP contribution in [0.15, 0.2) is 133 Å². The van der Waals surface area contributed by atoms with Gasteiger partial charge in [0.2, 0.25) is 0 Å². The summed E-state index contributed by atoms with van der Waals surface area (Å²) in [5.74, 6) is 6.87. The normalized spacial score (nSPS) is 12.1. The molecular formula is C54H45N3SSi2. The summed E-state index contributed by atoms with van der Waals surface area (Å²) in [7, 11) is -3.06. The maximum absolute atomic E-state index is 5.48. The predicted octanol–water partition coefficient (Wildman–Crippen LogP) is 14.5. The van der Waals surface area contributed by atoms with E-state index < -0.39 is 16.1 Å². The van der Waals surface area contributed by atoms with Crippen molar-refractivity contribution < 1.29 is 0 Å². The average Bonchev–Trinajstić information content (AvgIpc) is 4.09. The Morgan fingerprint density at radius 3 is 1.12 bits per heavy atom. The molecule has 0 fully saturated rings. The van der Waals surface area contributed by atoms with Gasteiger partial charge in [0.05, 0.1) is 22.8 Å². The highest BCUT2D eigenvalue weighted by atomic mass is 32.1. The predicted molar refractivity (Wildman–Crippen MR) is 265 cm³/mol. The lowest BCUT2D eigenvalue weighted by molar-refractivity contribution is 1.32. The molecule has 7 aromatic rings. The smallest absolute Gasteiger partial charge is 0.129 e. The average molecular weight is 824 g/mol. The topological polar surface area (TPSA) is 41.6 Å². The third kappa shape index (κ3) is 8.32. The zero-order valence-corrected chi connectivity index (χ0v) is 37.6. The van der Waals surface area contributed by atoms with E-state index in [9.17, 15) is 0 Å². The van der Waals surface area contributed by atoms with Crippen molar-refractivity contribution in [3.63, 3.8) is 0 Å². The van der Waals surface area contributed by atoms with Crippen LogP contribution in [0, 0.1) is 22.9 Å². The molecule has 0 saturated carbocycles. The van der Waals surface area contributed by atoms with Crippen LogP contribution in [0.3, 0.4) is 0 Å². The number of hydrogen-bond donors (Lipinski definition) is 1. The summed E-state index contributed by atoms with van der Waals surface area (Å²) in [6, 6.07) is 47.4. The van der Waals surface area contributed by atoms with Gasteiger partial charge in [-0.25, -0.2) is 9.97 Å². The van der Waals surface area contributed by atoms with Gasteiger partial charge in [0.15, 0.2) is 0 Å². The third-order valence-electron chi connectivity index (χ3n) is 10.3. The van der Waals surface area contributed by atoms with Crippen LogP contribution < -0.4 is 0 Å². The van der Waals surface area contributed by atoms with Crippen LogP contribution >= 0.6 is 11.3 Å². The van der Waals surface area contributed by atoms with Gasteiger partial charge in [-0.15, -0.1) is 22.4 Å². The molecule has 2 aliphatic heterocycles. The van der Waals surface area contributed by atoms with Gasteiger partial charge in [-0.3, -0.25) is 0 Å². The highest BCUT2D eigenvalue weighted by Crippen LogP contribution is 2.41. The first-order valence-electron chi connectivity index (χ1n) is 20.4. The molecule has 290 valence electrons. The van der Waals surface area contributed by atoms with E-state index in [2.05, 4.69) is 225 Å². The van der Waals surface area contributed by atoms with E-state index in [1.54, 1.807) is 11.3 Å². The molecule has 8 bridgehead atoms. The highest BCUT2D eigenvalue weighted by molar-refractivity contribution is 7.24. The van der Waals surface area contributed by atoms with E-state index in [4.69, 9.17) is 9.97 Å². The van der Waals surface area contributed by atoms with E-state index in [1.165, 1.54) is 0 Å². The number of aromatic nitrogens is 3. The molecule has 3 nitrogen and oxygen atoms in total. The number of H-pyrrole nitrogens is 1. The van der Waals surface area contributed by atoms with Crippen LogP contribution in [-0.2, 0) is 0 Å². The maximum Gasteiger partial charge on any atom is 0.129 e. The van der Waals surface area contributed by atoms with E-state index in [1.807, 2.05) is 0 Å². The number of nitrogens with zero attached hydrogens (tertiary/aromatic N) is 2. The Bertz CT molecular complexity index is 2930. The molecular weight excluding hydrogens is 779 g/mol. The SMILES string of the molecule is C[Si](C)(C)C#Cc1ccc(-c2c3nc(c(-c4ccccc4)c4ccc(s4)c(-c4ccccc4)c4nc(c(-c5ccc(C#C[Si](C)(C)C)cc5)c5ccc2[nH]5)C=C4)C=C3)cc1. The van der Waals surface area contributed by atoms with Gasteiger partial charge in [-0.05, 0) is 95.1 Å². The molecule has 6 heteroatoms. The quantitative estimate of drug-likeness (QED) is 0.142. The first-order chi connectivity index (χ1) is 29.0. The minimum atomic E-state index is -1.53. The lowest BCUT2D eigenvalue weighted by atomic mass is 10.0. The molecule has 5 heterocycles. The zero-order chi connectivity index (χ0) is 41.4. The third-order valence-corrected chi connectivity index (χ3v) is 13.1. The van der Waals surface area contributed by atoms with Crippen molar-refractivity contribution in [2.45, 2.75) is 39.3 Å². The Kier molecular flexibility index (Phi) is 10.3. The fourth-order valence-corrected chi connectivity index (χ4v) is 9.66. The Hall–Kier alpha value is -6.55. The molecule has 9 rings (SSSR count). The standard InChI is InChI=1S/C54H45N3SSi2/c1-59(2,3)35-33-37-17-21-41(22-18-37)51-43-25-26-44(55-43)52(42-23-19-38(20-24-42)34-36-60(4,5)6)46-28-30-48(57-46)54(40-15-11-8-12-16-40)50-32-31-49(58-50)53(39-13-9-7-10-14-39)47-29-27-45(51)56-47/h7-32,55H,1-6H3. The molecule has 1 N–H and O–H groups in total. The van der Waals surface area contributed by atoms with Crippen molar-refractivity contribution in [3.8, 4) is 67.4 Å². The van der Waals surface area contributed by atoms with Crippen molar-refractivity contribution >= 4 is 72.2 Å². The summed E-state index contributed by atoms with van der Waals surface area (Å²) < 4.78 is 2.29. The molecule has 0 aliphatic carbocycles. The Morgan fingerprint density at radius 2 is 0.750 bits per heavy atom. The summed E-state index contributed by atoms with van der Waals surface area (Å²) in [6.45, 7) is 13.6. The van der Waals surface area contributed by atoms with Gasteiger partial charge in [-0.2, -0.15) is 0 Å². The highest BCUT2D eigenvalue weighted by Gasteiger charge is 2.19. The van der Waals surface area contributed by atoms with Gasteiger partial charge in [0.1, 0.15) is 16.1 Å². The first kappa shape index (κ1) is 38.9. The van der Waals surface area contributed by atoms with Crippen molar-refractivity contribution in [1.29, 1.82) is 0 Å². The van der Waals surface area contributed by atoms with E-state index >= 15 is 0 Å². The van der Waals surface area contributed by atoms with Crippen LogP contribution in [0.5, 0.6) is 0 Å². The fraction of sp³-hybridized carbons (Fsp3) is 0.111. The molecule has 2 aliphatic rings. The summed E-state index contributed by atoms with van der Waals surface area (Å²) in [4.78, 5) is 14.8. The number of aromatic amines is 1. The minimum Gasteiger partial charge on any atom is -0.354 e. The van der Waals surface area contributed by atoms with Gasteiger partial charge >= 0.3 is 0 Å². The number of fused-ring (bicyclic) bond motifs is 8. The van der Waals surface area contributed by atoms with Crippen molar-refractivity contribution in [1.82, 2.24) is 15.0 Å². The summed E-state index contributed by atoms with van der Waals surface area (Å²) in [5, 5.41) is 0. The van der Waals surface area contributed by atoms with Gasteiger partial charge in [0, 0.05) is 53.8 Å². The molecule has 0 unspecified atom stereocenters. The number of rotatable bonds is 4. The Morgan fingerprint density at radius 1 is 0.400 bits per heavy atom. The molecule has 4 aromatic carbocycles. The van der Waals surface area contributed by atoms with Gasteiger partial charge in [0.25, 0.3) is 0 Å². The molecule has 0 atom stereocenters. The molecule has 0 amide bonds. The van der Waals surface area contributed by atoms with Crippen LogP contribution in [0.25, 0.3) is 89.2 Å². The number of thiophene rings is 1. The fourth-order valence-electron chi connectivity index (χ4n) is 7.46. The van der Waals surface area contributed by atoms with Crippen LogP contribution in [0.2, 0.25) is 39.3 Å². The van der Waals surface area contributed by atoms with Crippen molar-refractivity contribution in [2.24, 2.45) is 0 Å². The second-order valence-electron chi connectivity index (χ2n) is 17.3. The number of nitrogens with one attached hydrogen (secondary N) is 1. The van der Waals surface area contributed by atoms with Crippen LogP contribution in [0.1, 0.15) is 33.9 Å². The van der Waals surface area contributed by atoms with Gasteiger partial charge in [-0.1, -0.05) is 136 Å². The van der Waals surface area contributed by atoms with E-state index in [-0.39, 0.29) is 0 Å². The van der Waals surface area contributed by atoms with Crippen molar-refractivity contribution in [3.05, 3.63) is 167 Å². The lowest BCUT2D eigenvalue weighted by Gasteiger charge is -2.07. The minimum absolute atomic E-state index is 0.897. The van der Waals surface area contributed by atoms with Crippen LogP contribution in [0.4, 0.5) is 0 Å². The number of hydrogen-bond acceptors (Lipinski definition) is 3. The largest absolute Gasteiger partial charge is 0.354 e. The molecule has 0 radical (unpaired) electrons. The monoisotopic (exact) mass is 823 g/mol. The maximum atomic E-state index is 5.48. The number of benzene rings is 4. The van der Waals surface area contributed by atoms with Crippen molar-refractivity contribution in [2.75, 3.05) is 0 Å². The van der Waals surface area contributed by atoms with E-state index in [0.29, 0.717) is 0 Å². The molecule has 60 heavy (non-hydrogen) atoms. The Balaban J connectivity index is 1.38. The molecule has 3 aromatic heterocycles.